The molecular weight excluding hydrogens is 248 g/mol. The highest BCUT2D eigenvalue weighted by atomic mass is 35.5. The van der Waals surface area contributed by atoms with E-state index >= 15 is 0 Å². The van der Waals surface area contributed by atoms with Gasteiger partial charge in [0.15, 0.2) is 0 Å². The molecule has 0 amide bonds. The molecule has 0 bridgehead atoms. The van der Waals surface area contributed by atoms with E-state index in [1.54, 1.807) is 0 Å². The fourth-order valence-electron chi connectivity index (χ4n) is 1.46. The molecule has 17 heavy (non-hydrogen) atoms. The molecule has 0 atom stereocenters. The Labute approximate surface area is 99.6 Å². The molecule has 0 aliphatic carbocycles. The number of nitro benzene ring substituents is 1. The predicted octanol–water partition coefficient (Wildman–Crippen LogP) is 2.49. The number of fused-ring (bicyclic) bond motifs is 1. The van der Waals surface area contributed by atoms with Crippen LogP contribution in [0, 0.1) is 10.1 Å². The molecule has 0 aliphatic rings. The Bertz CT molecular complexity index is 641. The van der Waals surface area contributed by atoms with Crippen molar-refractivity contribution >= 4 is 34.2 Å². The van der Waals surface area contributed by atoms with Crippen LogP contribution < -0.4 is 0 Å². The first-order valence-electron chi connectivity index (χ1n) is 4.47. The zero-order valence-electron chi connectivity index (χ0n) is 8.25. The second-order valence-corrected chi connectivity index (χ2v) is 3.60. The quantitative estimate of drug-likeness (QED) is 0.503. The summed E-state index contributed by atoms with van der Waals surface area (Å²) in [6, 6.07) is 5.55. The highest BCUT2D eigenvalue weighted by Gasteiger charge is 2.17. The number of rotatable bonds is 2. The molecular formula is C10H5ClN2O4. The number of hydrogen-bond acceptors (Lipinski definition) is 4. The molecule has 0 saturated carbocycles. The van der Waals surface area contributed by atoms with Crippen molar-refractivity contribution in [3.63, 3.8) is 0 Å². The summed E-state index contributed by atoms with van der Waals surface area (Å²) in [5, 5.41) is 19.7. The normalized spacial score (nSPS) is 10.4. The molecule has 6 nitrogen and oxygen atoms in total. The fourth-order valence-corrected chi connectivity index (χ4v) is 1.68. The van der Waals surface area contributed by atoms with E-state index in [4.69, 9.17) is 16.7 Å². The van der Waals surface area contributed by atoms with Gasteiger partial charge >= 0.3 is 5.97 Å². The molecule has 2 aromatic rings. The number of benzene rings is 1. The van der Waals surface area contributed by atoms with Gasteiger partial charge in [0.2, 0.25) is 0 Å². The van der Waals surface area contributed by atoms with Crippen LogP contribution in [-0.2, 0) is 0 Å². The number of carboxylic acids is 1. The Kier molecular flexibility index (Phi) is 2.64. The summed E-state index contributed by atoms with van der Waals surface area (Å²) >= 11 is 5.66. The Balaban J connectivity index is 2.82. The maximum atomic E-state index is 10.8. The van der Waals surface area contributed by atoms with Gasteiger partial charge in [0, 0.05) is 11.5 Å². The maximum Gasteiger partial charge on any atom is 0.338 e. The van der Waals surface area contributed by atoms with Crippen LogP contribution in [0.15, 0.2) is 24.3 Å². The Morgan fingerprint density at radius 1 is 1.47 bits per heavy atom. The van der Waals surface area contributed by atoms with E-state index in [2.05, 4.69) is 4.98 Å². The molecule has 1 aromatic heterocycles. The van der Waals surface area contributed by atoms with Crippen molar-refractivity contribution in [1.29, 1.82) is 0 Å². The number of carboxylic acid groups (broad SMARTS) is 1. The molecule has 0 fully saturated rings. The van der Waals surface area contributed by atoms with Gasteiger partial charge in [-0.3, -0.25) is 10.1 Å². The van der Waals surface area contributed by atoms with E-state index < -0.39 is 10.9 Å². The molecule has 0 unspecified atom stereocenters. The Morgan fingerprint density at radius 3 is 2.76 bits per heavy atom. The van der Waals surface area contributed by atoms with Crippen molar-refractivity contribution in [2.75, 3.05) is 0 Å². The topological polar surface area (TPSA) is 93.3 Å². The van der Waals surface area contributed by atoms with Crippen LogP contribution in [-0.4, -0.2) is 21.0 Å². The van der Waals surface area contributed by atoms with E-state index in [1.807, 2.05) is 0 Å². The molecule has 0 saturated heterocycles. The van der Waals surface area contributed by atoms with E-state index in [9.17, 15) is 14.9 Å². The minimum absolute atomic E-state index is 0.0764. The number of para-hydroxylation sites is 1. The van der Waals surface area contributed by atoms with E-state index in [1.165, 1.54) is 24.3 Å². The van der Waals surface area contributed by atoms with Crippen LogP contribution in [0.2, 0.25) is 5.15 Å². The van der Waals surface area contributed by atoms with Crippen molar-refractivity contribution < 1.29 is 14.8 Å². The Hall–Kier alpha value is -2.21. The number of aromatic nitrogens is 1. The van der Waals surface area contributed by atoms with Gasteiger partial charge in [-0.1, -0.05) is 23.7 Å². The van der Waals surface area contributed by atoms with Crippen LogP contribution in [0.5, 0.6) is 0 Å². The molecule has 0 spiro atoms. The van der Waals surface area contributed by atoms with Gasteiger partial charge in [0.25, 0.3) is 5.69 Å². The SMILES string of the molecule is O=C(O)c1cc2cccc([N+](=O)[O-])c2nc1Cl. The van der Waals surface area contributed by atoms with Gasteiger partial charge in [0.05, 0.1) is 10.5 Å². The van der Waals surface area contributed by atoms with Gasteiger partial charge in [-0.25, -0.2) is 9.78 Å². The van der Waals surface area contributed by atoms with Gasteiger partial charge in [0.1, 0.15) is 10.7 Å². The van der Waals surface area contributed by atoms with Gasteiger partial charge in [-0.05, 0) is 6.07 Å². The van der Waals surface area contributed by atoms with Gasteiger partial charge in [-0.15, -0.1) is 0 Å². The predicted molar refractivity (Wildman–Crippen MR) is 60.4 cm³/mol. The lowest BCUT2D eigenvalue weighted by atomic mass is 10.1. The zero-order valence-corrected chi connectivity index (χ0v) is 9.01. The standard InChI is InChI=1S/C10H5ClN2O4/c11-9-6(10(14)15)4-5-2-1-3-7(13(16)17)8(5)12-9/h1-4H,(H,14,15). The maximum absolute atomic E-state index is 10.8. The van der Waals surface area contributed by atoms with E-state index in [0.29, 0.717) is 5.39 Å². The average molecular weight is 253 g/mol. The second kappa shape index (κ2) is 3.99. The summed E-state index contributed by atoms with van der Waals surface area (Å²) in [6.07, 6.45) is 0. The van der Waals surface area contributed by atoms with Crippen LogP contribution >= 0.6 is 11.6 Å². The van der Waals surface area contributed by atoms with Crippen LogP contribution in [0.1, 0.15) is 10.4 Å². The molecule has 1 N–H and O–H groups in total. The highest BCUT2D eigenvalue weighted by molar-refractivity contribution is 6.33. The number of non-ortho nitro benzene ring substituents is 1. The summed E-state index contributed by atoms with van der Waals surface area (Å²) in [4.78, 5) is 24.7. The van der Waals surface area contributed by atoms with Crippen molar-refractivity contribution in [2.24, 2.45) is 0 Å². The number of aromatic carboxylic acids is 1. The number of carbonyl (C=O) groups is 1. The smallest absolute Gasteiger partial charge is 0.338 e. The molecule has 1 aromatic carbocycles. The largest absolute Gasteiger partial charge is 0.478 e. The van der Waals surface area contributed by atoms with Crippen molar-refractivity contribution in [3.05, 3.63) is 45.1 Å². The monoisotopic (exact) mass is 252 g/mol. The van der Waals surface area contributed by atoms with Gasteiger partial charge < -0.3 is 5.11 Å². The molecule has 0 aliphatic heterocycles. The van der Waals surface area contributed by atoms with Crippen molar-refractivity contribution in [2.45, 2.75) is 0 Å². The van der Waals surface area contributed by atoms with Crippen LogP contribution in [0.3, 0.4) is 0 Å². The minimum atomic E-state index is -1.23. The third-order valence-corrected chi connectivity index (χ3v) is 2.49. The zero-order chi connectivity index (χ0) is 12.6. The van der Waals surface area contributed by atoms with Crippen LogP contribution in [0.4, 0.5) is 5.69 Å². The molecule has 86 valence electrons. The molecule has 1 heterocycles. The second-order valence-electron chi connectivity index (χ2n) is 3.24. The Morgan fingerprint density at radius 2 is 2.18 bits per heavy atom. The number of halogens is 1. The average Bonchev–Trinajstić information content (AvgIpc) is 2.26. The molecule has 0 radical (unpaired) electrons. The summed E-state index contributed by atoms with van der Waals surface area (Å²) in [7, 11) is 0. The third-order valence-electron chi connectivity index (χ3n) is 2.21. The first-order chi connectivity index (χ1) is 8.00. The first-order valence-corrected chi connectivity index (χ1v) is 4.85. The van der Waals surface area contributed by atoms with Crippen LogP contribution in [0.25, 0.3) is 10.9 Å². The summed E-state index contributed by atoms with van der Waals surface area (Å²) in [5.41, 5.74) is -0.312. The van der Waals surface area contributed by atoms with Crippen molar-refractivity contribution in [3.8, 4) is 0 Å². The molecule has 7 heteroatoms. The third kappa shape index (κ3) is 1.90. The highest BCUT2D eigenvalue weighted by Crippen LogP contribution is 2.27. The molecule has 2 rings (SSSR count). The summed E-state index contributed by atoms with van der Waals surface area (Å²) < 4.78 is 0. The minimum Gasteiger partial charge on any atom is -0.478 e. The summed E-state index contributed by atoms with van der Waals surface area (Å²) in [5.74, 6) is -1.23. The number of nitrogens with zero attached hydrogens (tertiary/aromatic N) is 2. The first kappa shape index (κ1) is 11.3. The van der Waals surface area contributed by atoms with E-state index in [-0.39, 0.29) is 21.9 Å². The summed E-state index contributed by atoms with van der Waals surface area (Å²) in [6.45, 7) is 0. The number of hydrogen-bond donors (Lipinski definition) is 1. The van der Waals surface area contributed by atoms with Crippen molar-refractivity contribution in [1.82, 2.24) is 4.98 Å². The number of nitro groups is 1. The van der Waals surface area contributed by atoms with Gasteiger partial charge in [-0.2, -0.15) is 0 Å². The lowest BCUT2D eigenvalue weighted by Gasteiger charge is -2.02. The lowest BCUT2D eigenvalue weighted by Crippen LogP contribution is -2.00. The number of pyridine rings is 1. The van der Waals surface area contributed by atoms with E-state index in [0.717, 1.165) is 0 Å². The lowest BCUT2D eigenvalue weighted by molar-refractivity contribution is -0.383. The fraction of sp³-hybridized carbons (Fsp3) is 0.